The Balaban J connectivity index is 1.91. The van der Waals surface area contributed by atoms with Gasteiger partial charge in [-0.25, -0.2) is 4.57 Å². The minimum atomic E-state index is -4.55. The summed E-state index contributed by atoms with van der Waals surface area (Å²) in [5.41, 5.74) is -2.98. The van der Waals surface area contributed by atoms with Crippen LogP contribution in [0.15, 0.2) is 41.3 Å². The van der Waals surface area contributed by atoms with Crippen LogP contribution < -0.4 is 10.1 Å². The number of carbonyl (C=O) groups is 1. The van der Waals surface area contributed by atoms with Crippen molar-refractivity contribution in [3.05, 3.63) is 56.7 Å². The molecule has 3 N–H and O–H groups in total. The maximum atomic E-state index is 14.1. The molecule has 3 rings (SSSR count). The third-order valence-corrected chi connectivity index (χ3v) is 8.11. The Morgan fingerprint density at radius 2 is 2.00 bits per heavy atom. The van der Waals surface area contributed by atoms with Gasteiger partial charge in [-0.2, -0.15) is 0 Å². The first kappa shape index (κ1) is 28.5. The Kier molecular flexibility index (Phi) is 8.92. The van der Waals surface area contributed by atoms with Crippen molar-refractivity contribution in [2.45, 2.75) is 58.7 Å². The topological polar surface area (TPSA) is 149 Å². The SMILES string of the molecule is [2H]C([2H])(O[P@@](=O)(C[C@@H](C)C(=O)OCC(C)(C)C)Oc1ccc(Cl)cc1)[C@H]1O[C@@H](n2ccc(=O)[nH]c2=S)C(C)(O)[C@H]1O. The van der Waals surface area contributed by atoms with Gasteiger partial charge in [0.1, 0.15) is 23.6 Å². The van der Waals surface area contributed by atoms with Crippen LogP contribution in [0.1, 0.15) is 43.6 Å². The molecule has 2 aromatic rings. The summed E-state index contributed by atoms with van der Waals surface area (Å²) in [5.74, 6) is -1.73. The summed E-state index contributed by atoms with van der Waals surface area (Å²) in [4.78, 5) is 26.6. The minimum absolute atomic E-state index is 0.0149. The second-order valence-corrected chi connectivity index (χ2v) is 13.5. The number of aliphatic hydroxyl groups excluding tert-OH is 1. The molecule has 1 unspecified atom stereocenters. The Morgan fingerprint density at radius 3 is 2.59 bits per heavy atom. The summed E-state index contributed by atoms with van der Waals surface area (Å²) in [7, 11) is -4.55. The van der Waals surface area contributed by atoms with Gasteiger partial charge in [0.05, 0.1) is 28.0 Å². The van der Waals surface area contributed by atoms with Gasteiger partial charge in [0.15, 0.2) is 11.0 Å². The van der Waals surface area contributed by atoms with E-state index in [4.69, 9.17) is 45.1 Å². The number of aliphatic hydroxyl groups is 2. The number of nitrogens with zero attached hydrogens (tertiary/aromatic N) is 1. The third-order valence-electron chi connectivity index (χ3n) is 5.68. The van der Waals surface area contributed by atoms with Gasteiger partial charge in [0.2, 0.25) is 0 Å². The number of rotatable bonds is 10. The molecule has 0 spiro atoms. The Bertz CT molecular complexity index is 1410. The molecule has 6 atom stereocenters. The van der Waals surface area contributed by atoms with Crippen molar-refractivity contribution >= 4 is 37.4 Å². The number of carbonyl (C=O) groups excluding carboxylic acids is 1. The number of hydrogen-bond acceptors (Lipinski definition) is 10. The van der Waals surface area contributed by atoms with Crippen molar-refractivity contribution in [1.82, 2.24) is 9.55 Å². The molecule has 216 valence electrons. The molecule has 0 amide bonds. The highest BCUT2D eigenvalue weighted by atomic mass is 35.5. The van der Waals surface area contributed by atoms with Gasteiger partial charge in [-0.15, -0.1) is 0 Å². The fourth-order valence-corrected chi connectivity index (χ4v) is 5.67. The third kappa shape index (κ3) is 8.23. The van der Waals surface area contributed by atoms with Gasteiger partial charge < -0.3 is 24.2 Å². The lowest BCUT2D eigenvalue weighted by molar-refractivity contribution is -0.150. The second-order valence-electron chi connectivity index (χ2n) is 10.7. The van der Waals surface area contributed by atoms with Crippen LogP contribution in [0, 0.1) is 16.1 Å². The van der Waals surface area contributed by atoms with Gasteiger partial charge >= 0.3 is 13.6 Å². The molecule has 0 bridgehead atoms. The number of aromatic amines is 1. The normalized spacial score (nSPS) is 26.7. The standard InChI is InChI=1S/C25H34ClN2O9PS/c1-15(21(31)34-14-24(2,3)4)13-38(33,37-17-8-6-16(26)7-9-17)35-12-18-20(30)25(5,32)22(36-18)28-11-10-19(29)27-23(28)39/h6-11,15,18,20,22,30,32H,12-14H2,1-5H3,(H,27,29,39)/t15-,18-,20+,22-,25?,38+/m1/s1/i12D2. The molecular formula is C25H34ClN2O9PS. The highest BCUT2D eigenvalue weighted by Gasteiger charge is 2.53. The molecule has 1 aliphatic rings. The number of H-pyrrole nitrogens is 1. The molecule has 0 aliphatic carbocycles. The van der Waals surface area contributed by atoms with E-state index in [0.29, 0.717) is 5.02 Å². The lowest BCUT2D eigenvalue weighted by atomic mass is 9.96. The van der Waals surface area contributed by atoms with Crippen LogP contribution in [-0.2, 0) is 23.4 Å². The molecule has 39 heavy (non-hydrogen) atoms. The smallest absolute Gasteiger partial charge is 0.380 e. The first-order chi connectivity index (χ1) is 18.7. The summed E-state index contributed by atoms with van der Waals surface area (Å²) >= 11 is 11.1. The van der Waals surface area contributed by atoms with Crippen LogP contribution in [0.25, 0.3) is 0 Å². The maximum absolute atomic E-state index is 14.1. The molecule has 11 nitrogen and oxygen atoms in total. The molecular weight excluding hydrogens is 571 g/mol. The van der Waals surface area contributed by atoms with Crippen LogP contribution in [0.4, 0.5) is 0 Å². The number of nitrogens with one attached hydrogen (secondary N) is 1. The van der Waals surface area contributed by atoms with Gasteiger partial charge in [-0.3, -0.25) is 23.7 Å². The quantitative estimate of drug-likeness (QED) is 0.205. The molecule has 0 radical (unpaired) electrons. The van der Waals surface area contributed by atoms with E-state index in [2.05, 4.69) is 4.98 Å². The van der Waals surface area contributed by atoms with Crippen LogP contribution in [0.5, 0.6) is 5.75 Å². The van der Waals surface area contributed by atoms with Crippen molar-refractivity contribution in [3.8, 4) is 5.75 Å². The fourth-order valence-electron chi connectivity index (χ4n) is 3.58. The summed E-state index contributed by atoms with van der Waals surface area (Å²) in [6.45, 7) is 5.26. The molecule has 1 aromatic heterocycles. The predicted molar refractivity (Wildman–Crippen MR) is 147 cm³/mol. The van der Waals surface area contributed by atoms with Crippen molar-refractivity contribution in [2.24, 2.45) is 11.3 Å². The minimum Gasteiger partial charge on any atom is -0.465 e. The zero-order chi connectivity index (χ0) is 31.0. The van der Waals surface area contributed by atoms with Crippen LogP contribution in [-0.4, -0.2) is 62.9 Å². The average molecular weight is 607 g/mol. The average Bonchev–Trinajstić information content (AvgIpc) is 3.07. The Labute approximate surface area is 239 Å². The number of halogens is 1. The molecule has 1 aliphatic heterocycles. The maximum Gasteiger partial charge on any atom is 0.380 e. The molecule has 14 heteroatoms. The number of hydrogen-bond donors (Lipinski definition) is 3. The molecule has 0 saturated carbocycles. The fraction of sp³-hybridized carbons (Fsp3) is 0.560. The predicted octanol–water partition coefficient (Wildman–Crippen LogP) is 4.08. The van der Waals surface area contributed by atoms with E-state index < -0.39 is 61.8 Å². The zero-order valence-corrected chi connectivity index (χ0v) is 24.6. The van der Waals surface area contributed by atoms with Gasteiger partial charge in [0.25, 0.3) is 5.56 Å². The van der Waals surface area contributed by atoms with Crippen molar-refractivity contribution < 1.29 is 40.8 Å². The second kappa shape index (κ2) is 12.2. The lowest BCUT2D eigenvalue weighted by Crippen LogP contribution is -2.44. The van der Waals surface area contributed by atoms with E-state index in [1.165, 1.54) is 44.3 Å². The lowest BCUT2D eigenvalue weighted by Gasteiger charge is -2.28. The Hall–Kier alpha value is -2.05. The Morgan fingerprint density at radius 1 is 1.36 bits per heavy atom. The van der Waals surface area contributed by atoms with Crippen molar-refractivity contribution in [2.75, 3.05) is 19.3 Å². The van der Waals surface area contributed by atoms with E-state index in [-0.39, 0.29) is 22.5 Å². The number of aromatic nitrogens is 2. The molecule has 1 aromatic carbocycles. The molecule has 2 heterocycles. The zero-order valence-electron chi connectivity index (χ0n) is 24.1. The first-order valence-corrected chi connectivity index (χ1v) is 14.5. The number of ether oxygens (including phenoxy) is 2. The monoisotopic (exact) mass is 606 g/mol. The van der Waals surface area contributed by atoms with Gasteiger partial charge in [0, 0.05) is 17.3 Å². The van der Waals surface area contributed by atoms with Gasteiger partial charge in [-0.1, -0.05) is 39.3 Å². The summed E-state index contributed by atoms with van der Waals surface area (Å²) in [5, 5.41) is 22.4. The van der Waals surface area contributed by atoms with E-state index in [0.717, 1.165) is 10.6 Å². The highest BCUT2D eigenvalue weighted by Crippen LogP contribution is 2.51. The number of esters is 1. The summed E-state index contributed by atoms with van der Waals surface area (Å²) in [6, 6.07) is 6.79. The van der Waals surface area contributed by atoms with E-state index in [1.54, 1.807) is 0 Å². The number of benzene rings is 1. The first-order valence-electron chi connectivity index (χ1n) is 13.0. The largest absolute Gasteiger partial charge is 0.465 e. The van der Waals surface area contributed by atoms with E-state index >= 15 is 0 Å². The van der Waals surface area contributed by atoms with Crippen LogP contribution >= 0.6 is 31.4 Å². The molecule has 1 saturated heterocycles. The van der Waals surface area contributed by atoms with E-state index in [9.17, 15) is 24.4 Å². The van der Waals surface area contributed by atoms with Crippen molar-refractivity contribution in [3.63, 3.8) is 0 Å². The van der Waals surface area contributed by atoms with E-state index in [1.807, 2.05) is 20.8 Å². The van der Waals surface area contributed by atoms with Crippen LogP contribution in [0.2, 0.25) is 5.02 Å². The van der Waals surface area contributed by atoms with Crippen molar-refractivity contribution in [1.29, 1.82) is 0 Å². The van der Waals surface area contributed by atoms with Gasteiger partial charge in [-0.05, 0) is 48.8 Å². The summed E-state index contributed by atoms with van der Waals surface area (Å²) < 4.78 is 54.3. The molecule has 1 fully saturated rings. The van der Waals surface area contributed by atoms with Crippen LogP contribution in [0.3, 0.4) is 0 Å². The highest BCUT2D eigenvalue weighted by molar-refractivity contribution is 7.71. The summed E-state index contributed by atoms with van der Waals surface area (Å²) in [6.07, 6.45) is -4.68.